The van der Waals surface area contributed by atoms with E-state index in [0.29, 0.717) is 13.0 Å². The van der Waals surface area contributed by atoms with Crippen LogP contribution in [0.3, 0.4) is 0 Å². The topological polar surface area (TPSA) is 29.9 Å². The van der Waals surface area contributed by atoms with Gasteiger partial charge in [-0.05, 0) is 18.9 Å². The lowest BCUT2D eigenvalue weighted by molar-refractivity contribution is -0.0443. The van der Waals surface area contributed by atoms with Crippen LogP contribution in [0.2, 0.25) is 0 Å². The Morgan fingerprint density at radius 1 is 1.62 bits per heavy atom. The standard InChI is InChI=1S/C11H17F2N3/c1-16-10(4-6-15-16)8-14-9-3-2-5-11(12,13)7-9/h4,6,9,14H,2-3,5,7-8H2,1H3/t9-/m1/s1. The van der Waals surface area contributed by atoms with Gasteiger partial charge in [0.25, 0.3) is 0 Å². The Morgan fingerprint density at radius 2 is 2.44 bits per heavy atom. The summed E-state index contributed by atoms with van der Waals surface area (Å²) in [6.07, 6.45) is 3.16. The maximum atomic E-state index is 13.1. The molecule has 3 nitrogen and oxygen atoms in total. The van der Waals surface area contributed by atoms with E-state index in [1.807, 2.05) is 13.1 Å². The number of aromatic nitrogens is 2. The number of nitrogens with zero attached hydrogens (tertiary/aromatic N) is 2. The van der Waals surface area contributed by atoms with Crippen molar-refractivity contribution in [2.24, 2.45) is 7.05 Å². The van der Waals surface area contributed by atoms with Gasteiger partial charge in [0, 0.05) is 38.7 Å². The molecule has 0 saturated heterocycles. The van der Waals surface area contributed by atoms with Crippen LogP contribution < -0.4 is 5.32 Å². The molecule has 1 aliphatic rings. The zero-order valence-electron chi connectivity index (χ0n) is 9.42. The minimum Gasteiger partial charge on any atom is -0.308 e. The summed E-state index contributed by atoms with van der Waals surface area (Å²) in [7, 11) is 1.85. The maximum absolute atomic E-state index is 13.1. The van der Waals surface area contributed by atoms with Crippen LogP contribution in [0, 0.1) is 0 Å². The molecule has 1 aliphatic carbocycles. The average Bonchev–Trinajstić information content (AvgIpc) is 2.60. The molecule has 2 rings (SSSR count). The van der Waals surface area contributed by atoms with Gasteiger partial charge in [0.15, 0.2) is 0 Å². The van der Waals surface area contributed by atoms with Crippen molar-refractivity contribution in [2.75, 3.05) is 0 Å². The molecule has 0 unspecified atom stereocenters. The fourth-order valence-corrected chi connectivity index (χ4v) is 2.17. The lowest BCUT2D eigenvalue weighted by Gasteiger charge is -2.29. The van der Waals surface area contributed by atoms with Crippen molar-refractivity contribution in [3.8, 4) is 0 Å². The molecule has 1 aromatic rings. The van der Waals surface area contributed by atoms with Gasteiger partial charge in [0.2, 0.25) is 5.92 Å². The zero-order chi connectivity index (χ0) is 11.6. The van der Waals surface area contributed by atoms with E-state index in [0.717, 1.165) is 12.1 Å². The SMILES string of the molecule is Cn1nccc1CN[C@@H]1CCCC(F)(F)C1. The summed E-state index contributed by atoms with van der Waals surface area (Å²) in [5.41, 5.74) is 1.02. The Bertz CT molecular complexity index is 349. The normalized spacial score (nSPS) is 24.6. The molecule has 1 aromatic heterocycles. The molecule has 1 fully saturated rings. The molecule has 1 heterocycles. The van der Waals surface area contributed by atoms with Crippen molar-refractivity contribution in [1.29, 1.82) is 0 Å². The fourth-order valence-electron chi connectivity index (χ4n) is 2.17. The van der Waals surface area contributed by atoms with E-state index in [-0.39, 0.29) is 18.9 Å². The minimum atomic E-state index is -2.48. The van der Waals surface area contributed by atoms with Gasteiger partial charge < -0.3 is 5.32 Å². The van der Waals surface area contributed by atoms with Gasteiger partial charge in [-0.15, -0.1) is 0 Å². The number of nitrogens with one attached hydrogen (secondary N) is 1. The molecule has 5 heteroatoms. The lowest BCUT2D eigenvalue weighted by atomic mass is 9.92. The third-order valence-corrected chi connectivity index (χ3v) is 3.13. The van der Waals surface area contributed by atoms with Crippen LogP contribution in [-0.4, -0.2) is 21.7 Å². The molecule has 0 spiro atoms. The molecular weight excluding hydrogens is 212 g/mol. The second-order valence-electron chi connectivity index (χ2n) is 4.48. The number of aryl methyl sites for hydroxylation is 1. The first kappa shape index (κ1) is 11.5. The van der Waals surface area contributed by atoms with Crippen LogP contribution in [0.25, 0.3) is 0 Å². The second kappa shape index (κ2) is 4.49. The number of rotatable bonds is 3. The fraction of sp³-hybridized carbons (Fsp3) is 0.727. The Balaban J connectivity index is 1.84. The van der Waals surface area contributed by atoms with Crippen molar-refractivity contribution < 1.29 is 8.78 Å². The molecular formula is C11H17F2N3. The summed E-state index contributed by atoms with van der Waals surface area (Å²) in [4.78, 5) is 0. The van der Waals surface area contributed by atoms with Gasteiger partial charge in [-0.3, -0.25) is 4.68 Å². The van der Waals surface area contributed by atoms with E-state index in [4.69, 9.17) is 0 Å². The summed E-state index contributed by atoms with van der Waals surface area (Å²) in [5.74, 6) is -2.48. The van der Waals surface area contributed by atoms with E-state index in [1.54, 1.807) is 10.9 Å². The second-order valence-corrected chi connectivity index (χ2v) is 4.48. The van der Waals surface area contributed by atoms with Crippen LogP contribution in [-0.2, 0) is 13.6 Å². The largest absolute Gasteiger partial charge is 0.308 e. The van der Waals surface area contributed by atoms with E-state index in [9.17, 15) is 8.78 Å². The summed E-state index contributed by atoms with van der Waals surface area (Å²) in [6, 6.07) is 1.83. The molecule has 0 bridgehead atoms. The van der Waals surface area contributed by atoms with Crippen LogP contribution in [0.4, 0.5) is 8.78 Å². The predicted octanol–water partition coefficient (Wildman–Crippen LogP) is 2.09. The minimum absolute atomic E-state index is 0.0369. The van der Waals surface area contributed by atoms with Gasteiger partial charge in [0.05, 0.1) is 5.69 Å². The summed E-state index contributed by atoms with van der Waals surface area (Å²) < 4.78 is 28.0. The molecule has 1 N–H and O–H groups in total. The Hall–Kier alpha value is -0.970. The molecule has 1 saturated carbocycles. The average molecular weight is 229 g/mol. The van der Waals surface area contributed by atoms with E-state index < -0.39 is 5.92 Å². The first-order valence-corrected chi connectivity index (χ1v) is 5.65. The van der Waals surface area contributed by atoms with Crippen LogP contribution in [0.1, 0.15) is 31.4 Å². The van der Waals surface area contributed by atoms with E-state index in [2.05, 4.69) is 10.4 Å². The molecule has 0 aromatic carbocycles. The highest BCUT2D eigenvalue weighted by atomic mass is 19.3. The highest BCUT2D eigenvalue weighted by Crippen LogP contribution is 2.33. The van der Waals surface area contributed by atoms with Crippen LogP contribution in [0.5, 0.6) is 0 Å². The number of alkyl halides is 2. The summed E-state index contributed by atoms with van der Waals surface area (Å²) in [5, 5.41) is 7.22. The van der Waals surface area contributed by atoms with Crippen LogP contribution >= 0.6 is 0 Å². The predicted molar refractivity (Wildman–Crippen MR) is 57.3 cm³/mol. The zero-order valence-corrected chi connectivity index (χ0v) is 9.42. The van der Waals surface area contributed by atoms with Gasteiger partial charge in [-0.1, -0.05) is 0 Å². The highest BCUT2D eigenvalue weighted by Gasteiger charge is 2.35. The third-order valence-electron chi connectivity index (χ3n) is 3.13. The summed E-state index contributed by atoms with van der Waals surface area (Å²) >= 11 is 0. The first-order valence-electron chi connectivity index (χ1n) is 5.65. The molecule has 0 radical (unpaired) electrons. The monoisotopic (exact) mass is 229 g/mol. The highest BCUT2D eigenvalue weighted by molar-refractivity contribution is 5.00. The van der Waals surface area contributed by atoms with Crippen molar-refractivity contribution in [1.82, 2.24) is 15.1 Å². The first-order chi connectivity index (χ1) is 7.57. The Kier molecular flexibility index (Phi) is 3.23. The maximum Gasteiger partial charge on any atom is 0.249 e. The molecule has 90 valence electrons. The Morgan fingerprint density at radius 3 is 3.06 bits per heavy atom. The molecule has 0 amide bonds. The van der Waals surface area contributed by atoms with Crippen molar-refractivity contribution >= 4 is 0 Å². The number of hydrogen-bond donors (Lipinski definition) is 1. The smallest absolute Gasteiger partial charge is 0.249 e. The van der Waals surface area contributed by atoms with Crippen molar-refractivity contribution in [2.45, 2.75) is 44.2 Å². The van der Waals surface area contributed by atoms with Gasteiger partial charge in [-0.2, -0.15) is 5.10 Å². The van der Waals surface area contributed by atoms with Gasteiger partial charge >= 0.3 is 0 Å². The molecule has 1 atom stereocenters. The van der Waals surface area contributed by atoms with Crippen molar-refractivity contribution in [3.05, 3.63) is 18.0 Å². The van der Waals surface area contributed by atoms with Crippen molar-refractivity contribution in [3.63, 3.8) is 0 Å². The Labute approximate surface area is 93.8 Å². The van der Waals surface area contributed by atoms with Crippen LogP contribution in [0.15, 0.2) is 12.3 Å². The van der Waals surface area contributed by atoms with Gasteiger partial charge in [0.1, 0.15) is 0 Å². The number of hydrogen-bond acceptors (Lipinski definition) is 2. The quantitative estimate of drug-likeness (QED) is 0.860. The third kappa shape index (κ3) is 2.78. The van der Waals surface area contributed by atoms with E-state index >= 15 is 0 Å². The van der Waals surface area contributed by atoms with E-state index in [1.165, 1.54) is 0 Å². The summed E-state index contributed by atoms with van der Waals surface area (Å²) in [6.45, 7) is 0.608. The number of halogens is 2. The van der Waals surface area contributed by atoms with Gasteiger partial charge in [-0.25, -0.2) is 8.78 Å². The molecule has 16 heavy (non-hydrogen) atoms. The molecule has 0 aliphatic heterocycles. The lowest BCUT2D eigenvalue weighted by Crippen LogP contribution is -2.39.